The largest absolute Gasteiger partial charge is 0.353 e. The molecule has 0 spiro atoms. The van der Waals surface area contributed by atoms with Crippen molar-refractivity contribution >= 4 is 17.6 Å². The zero-order valence-electron chi connectivity index (χ0n) is 17.1. The van der Waals surface area contributed by atoms with E-state index in [4.69, 9.17) is 9.97 Å². The zero-order valence-corrected chi connectivity index (χ0v) is 17.1. The summed E-state index contributed by atoms with van der Waals surface area (Å²) >= 11 is 0. The molecule has 2 aromatic heterocycles. The number of nitrogens with zero attached hydrogens (tertiary/aromatic N) is 5. The highest BCUT2D eigenvalue weighted by Crippen LogP contribution is 2.25. The standard InChI is InChI=1S/C23H28N6/c1-3-18(2)25-23-26-20(19-9-5-4-6-10-19)17-22(27-23)29-15-13-28(14-16-29)21-11-7-8-12-24-21/h4-12,17-18H,3,13-16H2,1-2H3,(H,25,26,27). The molecule has 1 saturated heterocycles. The van der Waals surface area contributed by atoms with E-state index in [2.05, 4.69) is 58.2 Å². The van der Waals surface area contributed by atoms with Gasteiger partial charge in [0.25, 0.3) is 0 Å². The van der Waals surface area contributed by atoms with Crippen LogP contribution in [-0.2, 0) is 0 Å². The topological polar surface area (TPSA) is 57.2 Å². The minimum atomic E-state index is 0.329. The van der Waals surface area contributed by atoms with Crippen LogP contribution in [0.25, 0.3) is 11.3 Å². The van der Waals surface area contributed by atoms with Crippen LogP contribution in [0.2, 0.25) is 0 Å². The van der Waals surface area contributed by atoms with E-state index in [1.54, 1.807) is 0 Å². The molecule has 6 heteroatoms. The first-order valence-electron chi connectivity index (χ1n) is 10.3. The van der Waals surface area contributed by atoms with Crippen molar-refractivity contribution in [1.82, 2.24) is 15.0 Å². The number of nitrogens with one attached hydrogen (secondary N) is 1. The fraction of sp³-hybridized carbons (Fsp3) is 0.348. The van der Waals surface area contributed by atoms with Crippen molar-refractivity contribution in [2.75, 3.05) is 41.3 Å². The number of benzene rings is 1. The van der Waals surface area contributed by atoms with Gasteiger partial charge in [-0.1, -0.05) is 43.3 Å². The van der Waals surface area contributed by atoms with Gasteiger partial charge in [0, 0.05) is 50.0 Å². The number of rotatable bonds is 6. The second kappa shape index (κ2) is 8.90. The lowest BCUT2D eigenvalue weighted by molar-refractivity contribution is 0.641. The van der Waals surface area contributed by atoms with Gasteiger partial charge in [-0.2, -0.15) is 4.98 Å². The van der Waals surface area contributed by atoms with E-state index in [0.717, 1.165) is 55.5 Å². The van der Waals surface area contributed by atoms with Crippen molar-refractivity contribution in [2.45, 2.75) is 26.3 Å². The molecule has 6 nitrogen and oxygen atoms in total. The van der Waals surface area contributed by atoms with Crippen LogP contribution in [0.4, 0.5) is 17.6 Å². The van der Waals surface area contributed by atoms with Crippen LogP contribution in [0.15, 0.2) is 60.8 Å². The van der Waals surface area contributed by atoms with E-state index in [9.17, 15) is 0 Å². The van der Waals surface area contributed by atoms with E-state index in [-0.39, 0.29) is 0 Å². The Labute approximate surface area is 172 Å². The summed E-state index contributed by atoms with van der Waals surface area (Å²) < 4.78 is 0. The van der Waals surface area contributed by atoms with Gasteiger partial charge in [0.15, 0.2) is 0 Å². The fourth-order valence-electron chi connectivity index (χ4n) is 3.45. The quantitative estimate of drug-likeness (QED) is 0.687. The Bertz CT molecular complexity index is 907. The summed E-state index contributed by atoms with van der Waals surface area (Å²) in [5.41, 5.74) is 2.06. The summed E-state index contributed by atoms with van der Waals surface area (Å²) in [6.07, 6.45) is 2.88. The fourth-order valence-corrected chi connectivity index (χ4v) is 3.45. The Kier molecular flexibility index (Phi) is 5.89. The molecule has 29 heavy (non-hydrogen) atoms. The summed E-state index contributed by atoms with van der Waals surface area (Å²) in [4.78, 5) is 18.8. The minimum Gasteiger partial charge on any atom is -0.353 e. The molecule has 1 N–H and O–H groups in total. The highest BCUT2D eigenvalue weighted by atomic mass is 15.3. The van der Waals surface area contributed by atoms with Crippen LogP contribution < -0.4 is 15.1 Å². The first-order chi connectivity index (χ1) is 14.2. The van der Waals surface area contributed by atoms with Gasteiger partial charge in [0.1, 0.15) is 11.6 Å². The van der Waals surface area contributed by atoms with Gasteiger partial charge >= 0.3 is 0 Å². The third-order valence-electron chi connectivity index (χ3n) is 5.35. The van der Waals surface area contributed by atoms with Crippen molar-refractivity contribution in [3.8, 4) is 11.3 Å². The third kappa shape index (κ3) is 4.65. The first-order valence-corrected chi connectivity index (χ1v) is 10.3. The van der Waals surface area contributed by atoms with Crippen molar-refractivity contribution in [2.24, 2.45) is 0 Å². The molecule has 1 aromatic carbocycles. The van der Waals surface area contributed by atoms with E-state index < -0.39 is 0 Å². The number of piperazine rings is 1. The number of aromatic nitrogens is 3. The van der Waals surface area contributed by atoms with E-state index >= 15 is 0 Å². The van der Waals surface area contributed by atoms with Crippen molar-refractivity contribution in [1.29, 1.82) is 0 Å². The SMILES string of the molecule is CCC(C)Nc1nc(-c2ccccc2)cc(N2CCN(c3ccccn3)CC2)n1. The maximum atomic E-state index is 4.84. The summed E-state index contributed by atoms with van der Waals surface area (Å²) in [5, 5.41) is 3.45. The normalized spacial score (nSPS) is 15.2. The molecule has 0 aliphatic carbocycles. The number of hydrogen-bond acceptors (Lipinski definition) is 6. The van der Waals surface area contributed by atoms with Gasteiger partial charge in [0.2, 0.25) is 5.95 Å². The summed E-state index contributed by atoms with van der Waals surface area (Å²) in [5.74, 6) is 2.71. The summed E-state index contributed by atoms with van der Waals surface area (Å²) in [7, 11) is 0. The minimum absolute atomic E-state index is 0.329. The van der Waals surface area contributed by atoms with Gasteiger partial charge in [-0.05, 0) is 25.5 Å². The Morgan fingerprint density at radius 3 is 2.24 bits per heavy atom. The molecule has 1 atom stereocenters. The average molecular weight is 389 g/mol. The molecule has 1 aliphatic heterocycles. The first kappa shape index (κ1) is 19.2. The van der Waals surface area contributed by atoms with Gasteiger partial charge in [-0.15, -0.1) is 0 Å². The molecular formula is C23H28N6. The van der Waals surface area contributed by atoms with E-state index in [1.807, 2.05) is 36.5 Å². The van der Waals surface area contributed by atoms with E-state index in [1.165, 1.54) is 0 Å². The van der Waals surface area contributed by atoms with Crippen molar-refractivity contribution in [3.63, 3.8) is 0 Å². The molecule has 0 saturated carbocycles. The lowest BCUT2D eigenvalue weighted by Gasteiger charge is -2.36. The van der Waals surface area contributed by atoms with Crippen molar-refractivity contribution < 1.29 is 0 Å². The van der Waals surface area contributed by atoms with Gasteiger partial charge in [-0.3, -0.25) is 0 Å². The second-order valence-corrected chi connectivity index (χ2v) is 7.42. The molecule has 4 rings (SSSR count). The molecule has 0 amide bonds. The Balaban J connectivity index is 1.57. The smallest absolute Gasteiger partial charge is 0.225 e. The lowest BCUT2D eigenvalue weighted by Crippen LogP contribution is -2.47. The van der Waals surface area contributed by atoms with Crippen LogP contribution in [-0.4, -0.2) is 47.2 Å². The number of anilines is 3. The molecular weight excluding hydrogens is 360 g/mol. The third-order valence-corrected chi connectivity index (χ3v) is 5.35. The van der Waals surface area contributed by atoms with Gasteiger partial charge in [-0.25, -0.2) is 9.97 Å². The van der Waals surface area contributed by atoms with Crippen LogP contribution in [0.3, 0.4) is 0 Å². The molecule has 1 aliphatic rings. The van der Waals surface area contributed by atoms with Crippen LogP contribution in [0, 0.1) is 0 Å². The number of hydrogen-bond donors (Lipinski definition) is 1. The molecule has 3 aromatic rings. The van der Waals surface area contributed by atoms with Crippen LogP contribution in [0.5, 0.6) is 0 Å². The summed E-state index contributed by atoms with van der Waals surface area (Å²) in [6, 6.07) is 18.8. The second-order valence-electron chi connectivity index (χ2n) is 7.42. The molecule has 0 radical (unpaired) electrons. The Morgan fingerprint density at radius 1 is 0.897 bits per heavy atom. The molecule has 150 valence electrons. The highest BCUT2D eigenvalue weighted by Gasteiger charge is 2.20. The van der Waals surface area contributed by atoms with Crippen molar-refractivity contribution in [3.05, 3.63) is 60.8 Å². The lowest BCUT2D eigenvalue weighted by atomic mass is 10.1. The molecule has 3 heterocycles. The molecule has 1 fully saturated rings. The predicted octanol–water partition coefficient (Wildman–Crippen LogP) is 4.08. The maximum absolute atomic E-state index is 4.84. The molecule has 0 bridgehead atoms. The average Bonchev–Trinajstić information content (AvgIpc) is 2.80. The van der Waals surface area contributed by atoms with Gasteiger partial charge < -0.3 is 15.1 Å². The Hall–Kier alpha value is -3.15. The molecule has 1 unspecified atom stereocenters. The van der Waals surface area contributed by atoms with E-state index in [0.29, 0.717) is 12.0 Å². The van der Waals surface area contributed by atoms with Crippen LogP contribution >= 0.6 is 0 Å². The zero-order chi connectivity index (χ0) is 20.1. The number of pyridine rings is 1. The Morgan fingerprint density at radius 2 is 1.59 bits per heavy atom. The maximum Gasteiger partial charge on any atom is 0.225 e. The van der Waals surface area contributed by atoms with Crippen LogP contribution in [0.1, 0.15) is 20.3 Å². The highest BCUT2D eigenvalue weighted by molar-refractivity contribution is 5.65. The summed E-state index contributed by atoms with van der Waals surface area (Å²) in [6.45, 7) is 7.99. The van der Waals surface area contributed by atoms with Gasteiger partial charge in [0.05, 0.1) is 5.69 Å². The predicted molar refractivity (Wildman–Crippen MR) is 120 cm³/mol. The monoisotopic (exact) mass is 388 g/mol.